The molecule has 0 saturated heterocycles. The summed E-state index contributed by atoms with van der Waals surface area (Å²) < 4.78 is 39.9. The van der Waals surface area contributed by atoms with Crippen molar-refractivity contribution >= 4 is 23.2 Å². The van der Waals surface area contributed by atoms with Crippen molar-refractivity contribution in [3.63, 3.8) is 0 Å². The minimum Gasteiger partial charge on any atom is -0.406 e. The fourth-order valence-electron chi connectivity index (χ4n) is 1.37. The van der Waals surface area contributed by atoms with Crippen molar-refractivity contribution in [1.82, 2.24) is 0 Å². The SMILES string of the molecule is CCC(N)Cc1c(Cl)cc(OC(F)(F)F)cc1Cl. The summed E-state index contributed by atoms with van der Waals surface area (Å²) in [7, 11) is 0. The Hall–Kier alpha value is -0.650. The second-order valence-corrected chi connectivity index (χ2v) is 4.60. The average molecular weight is 302 g/mol. The maximum absolute atomic E-state index is 12.0. The van der Waals surface area contributed by atoms with E-state index in [0.29, 0.717) is 18.4 Å². The van der Waals surface area contributed by atoms with Gasteiger partial charge >= 0.3 is 6.36 Å². The summed E-state index contributed by atoms with van der Waals surface area (Å²) in [6, 6.07) is 2.02. The van der Waals surface area contributed by atoms with Gasteiger partial charge in [0, 0.05) is 16.1 Å². The maximum Gasteiger partial charge on any atom is 0.573 e. The lowest BCUT2D eigenvalue weighted by Crippen LogP contribution is -2.22. The number of ether oxygens (including phenoxy) is 1. The first-order valence-electron chi connectivity index (χ1n) is 5.22. The number of hydrogen-bond acceptors (Lipinski definition) is 2. The van der Waals surface area contributed by atoms with E-state index in [1.807, 2.05) is 6.92 Å². The van der Waals surface area contributed by atoms with Gasteiger partial charge in [-0.2, -0.15) is 0 Å². The Morgan fingerprint density at radius 3 is 2.17 bits per heavy atom. The standard InChI is InChI=1S/C11H12Cl2F3NO/c1-2-6(17)3-8-9(12)4-7(5-10(8)13)18-11(14,15)16/h4-6H,2-3,17H2,1H3. The zero-order chi connectivity index (χ0) is 13.9. The molecule has 1 aromatic carbocycles. The number of nitrogens with two attached hydrogens (primary N) is 1. The molecule has 0 bridgehead atoms. The smallest absolute Gasteiger partial charge is 0.406 e. The number of hydrogen-bond donors (Lipinski definition) is 1. The summed E-state index contributed by atoms with van der Waals surface area (Å²) in [5, 5.41) is 0.233. The van der Waals surface area contributed by atoms with Crippen LogP contribution in [0.2, 0.25) is 10.0 Å². The molecule has 0 saturated carbocycles. The molecule has 1 unspecified atom stereocenters. The Morgan fingerprint density at radius 2 is 1.78 bits per heavy atom. The molecule has 0 spiro atoms. The minimum atomic E-state index is -4.77. The van der Waals surface area contributed by atoms with E-state index in [1.165, 1.54) is 0 Å². The Labute approximate surface area is 113 Å². The Morgan fingerprint density at radius 1 is 1.28 bits per heavy atom. The second kappa shape index (κ2) is 5.99. The van der Waals surface area contributed by atoms with Gasteiger partial charge in [-0.3, -0.25) is 0 Å². The van der Waals surface area contributed by atoms with Crippen LogP contribution < -0.4 is 10.5 Å². The van der Waals surface area contributed by atoms with Gasteiger partial charge in [-0.05, 0) is 30.5 Å². The van der Waals surface area contributed by atoms with Crippen LogP contribution in [0.15, 0.2) is 12.1 Å². The number of benzene rings is 1. The number of rotatable bonds is 4. The molecular formula is C11H12Cl2F3NO. The van der Waals surface area contributed by atoms with Crippen molar-refractivity contribution in [1.29, 1.82) is 0 Å². The fourth-order valence-corrected chi connectivity index (χ4v) is 2.00. The summed E-state index contributed by atoms with van der Waals surface area (Å²) in [4.78, 5) is 0. The van der Waals surface area contributed by atoms with Crippen LogP contribution >= 0.6 is 23.2 Å². The highest BCUT2D eigenvalue weighted by molar-refractivity contribution is 6.36. The van der Waals surface area contributed by atoms with Crippen LogP contribution in [0.5, 0.6) is 5.75 Å². The van der Waals surface area contributed by atoms with E-state index in [0.717, 1.165) is 12.1 Å². The second-order valence-electron chi connectivity index (χ2n) is 3.79. The van der Waals surface area contributed by atoms with E-state index >= 15 is 0 Å². The normalized spacial score (nSPS) is 13.5. The largest absolute Gasteiger partial charge is 0.573 e. The molecule has 2 N–H and O–H groups in total. The van der Waals surface area contributed by atoms with Crippen molar-refractivity contribution < 1.29 is 17.9 Å². The molecule has 102 valence electrons. The third-order valence-corrected chi connectivity index (χ3v) is 3.01. The zero-order valence-corrected chi connectivity index (χ0v) is 11.0. The molecule has 1 rings (SSSR count). The minimum absolute atomic E-state index is 0.116. The molecule has 7 heteroatoms. The van der Waals surface area contributed by atoms with Crippen LogP contribution in [-0.4, -0.2) is 12.4 Å². The van der Waals surface area contributed by atoms with E-state index in [1.54, 1.807) is 0 Å². The van der Waals surface area contributed by atoms with Gasteiger partial charge in [0.2, 0.25) is 0 Å². The number of alkyl halides is 3. The molecule has 0 radical (unpaired) electrons. The summed E-state index contributed by atoms with van der Waals surface area (Å²) >= 11 is 11.8. The first-order valence-corrected chi connectivity index (χ1v) is 5.97. The Kier molecular flexibility index (Phi) is 5.13. The molecule has 0 fully saturated rings. The molecule has 0 aliphatic carbocycles. The molecule has 18 heavy (non-hydrogen) atoms. The van der Waals surface area contributed by atoms with Crippen molar-refractivity contribution in [2.45, 2.75) is 32.2 Å². The van der Waals surface area contributed by atoms with Crippen LogP contribution in [-0.2, 0) is 6.42 Å². The Balaban J connectivity index is 2.97. The van der Waals surface area contributed by atoms with Crippen LogP contribution in [0.25, 0.3) is 0 Å². The Bertz CT molecular complexity index is 400. The lowest BCUT2D eigenvalue weighted by Gasteiger charge is -2.15. The fraction of sp³-hybridized carbons (Fsp3) is 0.455. The predicted octanol–water partition coefficient (Wildman–Crippen LogP) is 4.17. The zero-order valence-electron chi connectivity index (χ0n) is 9.52. The quantitative estimate of drug-likeness (QED) is 0.906. The lowest BCUT2D eigenvalue weighted by molar-refractivity contribution is -0.274. The predicted molar refractivity (Wildman–Crippen MR) is 65.1 cm³/mol. The molecule has 0 aliphatic rings. The van der Waals surface area contributed by atoms with Gasteiger partial charge in [-0.25, -0.2) is 0 Å². The van der Waals surface area contributed by atoms with E-state index in [2.05, 4.69) is 4.74 Å². The first-order chi connectivity index (χ1) is 8.23. The average Bonchev–Trinajstić information content (AvgIpc) is 2.20. The van der Waals surface area contributed by atoms with Crippen molar-refractivity contribution in [3.8, 4) is 5.75 Å². The van der Waals surface area contributed by atoms with E-state index in [-0.39, 0.29) is 16.1 Å². The van der Waals surface area contributed by atoms with Crippen molar-refractivity contribution in [2.24, 2.45) is 5.73 Å². The van der Waals surface area contributed by atoms with Crippen molar-refractivity contribution in [2.75, 3.05) is 0 Å². The highest BCUT2D eigenvalue weighted by Gasteiger charge is 2.31. The monoisotopic (exact) mass is 301 g/mol. The molecule has 2 nitrogen and oxygen atoms in total. The first kappa shape index (κ1) is 15.4. The van der Waals surface area contributed by atoms with E-state index in [9.17, 15) is 13.2 Å². The molecule has 0 heterocycles. The molecular weight excluding hydrogens is 290 g/mol. The molecule has 1 aromatic rings. The highest BCUT2D eigenvalue weighted by atomic mass is 35.5. The van der Waals surface area contributed by atoms with Gasteiger partial charge < -0.3 is 10.5 Å². The van der Waals surface area contributed by atoms with Gasteiger partial charge in [0.05, 0.1) is 0 Å². The summed E-state index contributed by atoms with van der Waals surface area (Å²) in [6.07, 6.45) is -3.65. The van der Waals surface area contributed by atoms with Gasteiger partial charge in [-0.15, -0.1) is 13.2 Å². The van der Waals surface area contributed by atoms with Crippen LogP contribution in [0.1, 0.15) is 18.9 Å². The third kappa shape index (κ3) is 4.55. The van der Waals surface area contributed by atoms with Gasteiger partial charge in [-0.1, -0.05) is 30.1 Å². The highest BCUT2D eigenvalue weighted by Crippen LogP contribution is 2.33. The molecule has 0 amide bonds. The lowest BCUT2D eigenvalue weighted by atomic mass is 10.0. The van der Waals surface area contributed by atoms with Crippen molar-refractivity contribution in [3.05, 3.63) is 27.7 Å². The van der Waals surface area contributed by atoms with Gasteiger partial charge in [0.1, 0.15) is 5.75 Å². The summed E-state index contributed by atoms with van der Waals surface area (Å²) in [6.45, 7) is 1.90. The molecule has 0 aromatic heterocycles. The van der Waals surface area contributed by atoms with Crippen LogP contribution in [0.4, 0.5) is 13.2 Å². The van der Waals surface area contributed by atoms with Gasteiger partial charge in [0.15, 0.2) is 0 Å². The molecule has 0 aliphatic heterocycles. The van der Waals surface area contributed by atoms with Gasteiger partial charge in [0.25, 0.3) is 0 Å². The number of halogens is 5. The third-order valence-electron chi connectivity index (χ3n) is 2.34. The van der Waals surface area contributed by atoms with Crippen LogP contribution in [0, 0.1) is 0 Å². The molecule has 1 atom stereocenters. The summed E-state index contributed by atoms with van der Waals surface area (Å²) in [5.74, 6) is -0.439. The topological polar surface area (TPSA) is 35.2 Å². The maximum atomic E-state index is 12.0. The van der Waals surface area contributed by atoms with E-state index in [4.69, 9.17) is 28.9 Å². The van der Waals surface area contributed by atoms with Crippen LogP contribution in [0.3, 0.4) is 0 Å². The van der Waals surface area contributed by atoms with E-state index < -0.39 is 12.1 Å². The summed E-state index contributed by atoms with van der Waals surface area (Å²) in [5.41, 5.74) is 6.28.